The molecular weight excluding hydrogens is 405 g/mol. The third-order valence-corrected chi connectivity index (χ3v) is 5.21. The van der Waals surface area contributed by atoms with E-state index >= 15 is 0 Å². The fourth-order valence-electron chi connectivity index (χ4n) is 3.64. The molecule has 1 amide bonds. The second kappa shape index (κ2) is 8.50. The first-order valence-electron chi connectivity index (χ1n) is 9.83. The van der Waals surface area contributed by atoms with E-state index in [2.05, 4.69) is 15.5 Å². The molecule has 160 valence electrons. The van der Waals surface area contributed by atoms with E-state index in [-0.39, 0.29) is 22.6 Å². The molecule has 0 radical (unpaired) electrons. The third kappa shape index (κ3) is 4.09. The smallest absolute Gasteiger partial charge is 0.311 e. The van der Waals surface area contributed by atoms with Crippen LogP contribution in [0.1, 0.15) is 35.4 Å². The van der Waals surface area contributed by atoms with Crippen LogP contribution in [0.5, 0.6) is 5.75 Å². The Morgan fingerprint density at radius 3 is 2.81 bits per heavy atom. The number of nitro benzene ring substituents is 1. The number of ether oxygens (including phenoxy) is 1. The lowest BCUT2D eigenvalue weighted by Crippen LogP contribution is -2.13. The number of carbonyl (C=O) groups excluding carboxylic acids is 1. The van der Waals surface area contributed by atoms with Crippen LogP contribution in [0, 0.1) is 15.9 Å². The highest BCUT2D eigenvalue weighted by molar-refractivity contribution is 6.05. The second-order valence-corrected chi connectivity index (χ2v) is 7.19. The van der Waals surface area contributed by atoms with Gasteiger partial charge < -0.3 is 14.6 Å². The minimum atomic E-state index is -0.622. The summed E-state index contributed by atoms with van der Waals surface area (Å²) < 4.78 is 21.5. The molecule has 2 aromatic carbocycles. The van der Waals surface area contributed by atoms with E-state index in [1.165, 1.54) is 37.4 Å². The van der Waals surface area contributed by atoms with Gasteiger partial charge in [0.2, 0.25) is 0 Å². The summed E-state index contributed by atoms with van der Waals surface area (Å²) in [5.74, 6) is 0.261. The SMILES string of the molecule is COc1ccc(C(=O)Nc2ccc(F)c(-c3nnc4n3CCCCC4)c2)cc1[N+](=O)[O-]. The van der Waals surface area contributed by atoms with Crippen LogP contribution in [0.25, 0.3) is 11.4 Å². The van der Waals surface area contributed by atoms with Crippen LogP contribution in [-0.4, -0.2) is 32.7 Å². The molecule has 0 saturated carbocycles. The van der Waals surface area contributed by atoms with Crippen molar-refractivity contribution in [3.63, 3.8) is 0 Å². The molecule has 0 spiro atoms. The van der Waals surface area contributed by atoms with Gasteiger partial charge in [-0.2, -0.15) is 0 Å². The van der Waals surface area contributed by atoms with E-state index in [0.29, 0.717) is 18.1 Å². The van der Waals surface area contributed by atoms with E-state index in [1.54, 1.807) is 0 Å². The number of fused-ring (bicyclic) bond motifs is 1. The van der Waals surface area contributed by atoms with Crippen molar-refractivity contribution in [2.75, 3.05) is 12.4 Å². The van der Waals surface area contributed by atoms with Crippen LogP contribution < -0.4 is 10.1 Å². The molecule has 0 fully saturated rings. The first-order chi connectivity index (χ1) is 15.0. The van der Waals surface area contributed by atoms with Gasteiger partial charge in [-0.15, -0.1) is 10.2 Å². The predicted octanol–water partition coefficient (Wildman–Crippen LogP) is 3.98. The molecule has 0 atom stereocenters. The van der Waals surface area contributed by atoms with Crippen LogP contribution in [0.4, 0.5) is 15.8 Å². The zero-order valence-corrected chi connectivity index (χ0v) is 16.8. The first kappa shape index (κ1) is 20.5. The molecule has 4 rings (SSSR count). The van der Waals surface area contributed by atoms with Crippen molar-refractivity contribution in [2.24, 2.45) is 0 Å². The standard InChI is InChI=1S/C21H20FN5O4/c1-31-18-9-6-13(11-17(18)27(29)30)21(28)23-14-7-8-16(22)15(12-14)20-25-24-19-5-3-2-4-10-26(19)20/h6-9,11-12H,2-5,10H2,1H3,(H,23,28). The number of nitrogens with zero attached hydrogens (tertiary/aromatic N) is 4. The number of aromatic nitrogens is 3. The van der Waals surface area contributed by atoms with E-state index in [1.807, 2.05) is 4.57 Å². The number of hydrogen-bond donors (Lipinski definition) is 1. The normalized spacial score (nSPS) is 13.2. The van der Waals surface area contributed by atoms with Crippen LogP contribution in [0.3, 0.4) is 0 Å². The summed E-state index contributed by atoms with van der Waals surface area (Å²) in [6.07, 6.45) is 3.85. The second-order valence-electron chi connectivity index (χ2n) is 7.19. The molecule has 1 aromatic heterocycles. The number of nitro groups is 1. The van der Waals surface area contributed by atoms with Crippen molar-refractivity contribution in [1.29, 1.82) is 0 Å². The van der Waals surface area contributed by atoms with Crippen molar-refractivity contribution in [3.8, 4) is 17.1 Å². The zero-order chi connectivity index (χ0) is 22.0. The number of halogens is 1. The van der Waals surface area contributed by atoms with Crippen LogP contribution in [-0.2, 0) is 13.0 Å². The third-order valence-electron chi connectivity index (χ3n) is 5.21. The minimum absolute atomic E-state index is 0.0538. The maximum atomic E-state index is 14.6. The highest BCUT2D eigenvalue weighted by Crippen LogP contribution is 2.30. The van der Waals surface area contributed by atoms with Crippen LogP contribution in [0.2, 0.25) is 0 Å². The average Bonchev–Trinajstić information content (AvgIpc) is 3.02. The first-order valence-corrected chi connectivity index (χ1v) is 9.83. The van der Waals surface area contributed by atoms with Gasteiger partial charge in [0.15, 0.2) is 11.6 Å². The minimum Gasteiger partial charge on any atom is -0.490 e. The number of aryl methyl sites for hydroxylation is 1. The quantitative estimate of drug-likeness (QED) is 0.489. The lowest BCUT2D eigenvalue weighted by atomic mass is 10.1. The average molecular weight is 425 g/mol. The Hall–Kier alpha value is -3.82. The molecule has 31 heavy (non-hydrogen) atoms. The van der Waals surface area contributed by atoms with E-state index in [4.69, 9.17) is 4.74 Å². The number of rotatable bonds is 5. The largest absolute Gasteiger partial charge is 0.490 e. The van der Waals surface area contributed by atoms with E-state index in [0.717, 1.165) is 37.6 Å². The van der Waals surface area contributed by atoms with Crippen LogP contribution >= 0.6 is 0 Å². The molecule has 1 aliphatic rings. The molecule has 0 aliphatic carbocycles. The van der Waals surface area contributed by atoms with Crippen molar-refractivity contribution in [2.45, 2.75) is 32.2 Å². The molecular formula is C21H20FN5O4. The predicted molar refractivity (Wildman–Crippen MR) is 111 cm³/mol. The molecule has 3 aromatic rings. The molecule has 1 aliphatic heterocycles. The molecule has 0 bridgehead atoms. The van der Waals surface area contributed by atoms with Crippen molar-refractivity contribution >= 4 is 17.3 Å². The number of nitrogens with one attached hydrogen (secondary N) is 1. The Morgan fingerprint density at radius 1 is 1.19 bits per heavy atom. The molecule has 2 heterocycles. The topological polar surface area (TPSA) is 112 Å². The van der Waals surface area contributed by atoms with Crippen molar-refractivity contribution in [1.82, 2.24) is 14.8 Å². The van der Waals surface area contributed by atoms with E-state index < -0.39 is 16.6 Å². The fraction of sp³-hybridized carbons (Fsp3) is 0.286. The lowest BCUT2D eigenvalue weighted by Gasteiger charge is -2.11. The van der Waals surface area contributed by atoms with Gasteiger partial charge in [0, 0.05) is 30.3 Å². The summed E-state index contributed by atoms with van der Waals surface area (Å²) in [5, 5.41) is 22.2. The van der Waals surface area contributed by atoms with Gasteiger partial charge >= 0.3 is 5.69 Å². The molecule has 1 N–H and O–H groups in total. The van der Waals surface area contributed by atoms with Gasteiger partial charge in [-0.05, 0) is 43.2 Å². The van der Waals surface area contributed by atoms with E-state index in [9.17, 15) is 19.3 Å². The highest BCUT2D eigenvalue weighted by atomic mass is 19.1. The maximum Gasteiger partial charge on any atom is 0.311 e. The number of benzene rings is 2. The van der Waals surface area contributed by atoms with Crippen molar-refractivity contribution in [3.05, 3.63) is 63.7 Å². The highest BCUT2D eigenvalue weighted by Gasteiger charge is 2.21. The maximum absolute atomic E-state index is 14.6. The number of anilines is 1. The Balaban J connectivity index is 1.63. The number of carbonyl (C=O) groups is 1. The summed E-state index contributed by atoms with van der Waals surface area (Å²) in [6.45, 7) is 0.712. The Kier molecular flexibility index (Phi) is 5.61. The van der Waals surface area contributed by atoms with Crippen molar-refractivity contribution < 1.29 is 18.8 Å². The van der Waals surface area contributed by atoms with Gasteiger partial charge in [0.05, 0.1) is 17.6 Å². The summed E-state index contributed by atoms with van der Waals surface area (Å²) in [6, 6.07) is 8.08. The molecule has 10 heteroatoms. The Morgan fingerprint density at radius 2 is 2.03 bits per heavy atom. The van der Waals surface area contributed by atoms with Gasteiger partial charge in [0.25, 0.3) is 5.91 Å². The summed E-state index contributed by atoms with van der Waals surface area (Å²) >= 11 is 0. The van der Waals surface area contributed by atoms with Gasteiger partial charge in [-0.25, -0.2) is 4.39 Å². The summed E-state index contributed by atoms with van der Waals surface area (Å²) in [7, 11) is 1.31. The molecule has 0 saturated heterocycles. The number of hydrogen-bond acceptors (Lipinski definition) is 6. The van der Waals surface area contributed by atoms with Gasteiger partial charge in [-0.3, -0.25) is 14.9 Å². The molecule has 9 nitrogen and oxygen atoms in total. The summed E-state index contributed by atoms with van der Waals surface area (Å²) in [4.78, 5) is 23.2. The Bertz CT molecular complexity index is 1160. The molecule has 0 unspecified atom stereocenters. The van der Waals surface area contributed by atoms with Crippen LogP contribution in [0.15, 0.2) is 36.4 Å². The van der Waals surface area contributed by atoms with Gasteiger partial charge in [0.1, 0.15) is 11.6 Å². The van der Waals surface area contributed by atoms with Gasteiger partial charge in [-0.1, -0.05) is 6.42 Å². The zero-order valence-electron chi connectivity index (χ0n) is 16.8. The number of methoxy groups -OCH3 is 1. The Labute approximate surface area is 177 Å². The fourth-order valence-corrected chi connectivity index (χ4v) is 3.64. The number of amides is 1. The lowest BCUT2D eigenvalue weighted by molar-refractivity contribution is -0.385. The monoisotopic (exact) mass is 425 g/mol. The summed E-state index contributed by atoms with van der Waals surface area (Å²) in [5.41, 5.74) is 0.334.